The first-order chi connectivity index (χ1) is 9.84. The van der Waals surface area contributed by atoms with Gasteiger partial charge >= 0.3 is 0 Å². The van der Waals surface area contributed by atoms with Crippen LogP contribution in [0.3, 0.4) is 0 Å². The molecule has 0 radical (unpaired) electrons. The van der Waals surface area contributed by atoms with Gasteiger partial charge in [0.15, 0.2) is 0 Å². The number of rotatable bonds is 2. The molecule has 1 atom stereocenters. The van der Waals surface area contributed by atoms with E-state index in [0.717, 1.165) is 35.0 Å². The number of pyridine rings is 1. The number of para-hydroxylation sites is 1. The van der Waals surface area contributed by atoms with Gasteiger partial charge in [-0.15, -0.1) is 0 Å². The zero-order valence-electron chi connectivity index (χ0n) is 11.8. The molecule has 0 bridgehead atoms. The van der Waals surface area contributed by atoms with E-state index in [1.807, 2.05) is 36.4 Å². The van der Waals surface area contributed by atoms with Crippen LogP contribution in [-0.4, -0.2) is 10.1 Å². The lowest BCUT2D eigenvalue weighted by atomic mass is 9.94. The maximum Gasteiger partial charge on any atom is 0.117 e. The summed E-state index contributed by atoms with van der Waals surface area (Å²) >= 11 is 0. The molecule has 1 N–H and O–H groups in total. The molecule has 0 saturated carbocycles. The van der Waals surface area contributed by atoms with Crippen LogP contribution in [0, 0.1) is 0 Å². The third-order valence-corrected chi connectivity index (χ3v) is 4.08. The quantitative estimate of drug-likeness (QED) is 0.810. The first-order valence-corrected chi connectivity index (χ1v) is 7.57. The molecule has 104 valence electrons. The molecule has 3 rings (SSSR count). The normalized spacial score (nSPS) is 20.8. The fourth-order valence-electron chi connectivity index (χ4n) is 2.89. The molecule has 2 nitrogen and oxygen atoms in total. The molecule has 0 fully saturated rings. The molecule has 2 aromatic rings. The van der Waals surface area contributed by atoms with Gasteiger partial charge in [0.1, 0.15) is 6.10 Å². The van der Waals surface area contributed by atoms with E-state index >= 15 is 0 Å². The molecule has 0 saturated heterocycles. The zero-order valence-corrected chi connectivity index (χ0v) is 11.8. The highest BCUT2D eigenvalue weighted by molar-refractivity contribution is 5.78. The van der Waals surface area contributed by atoms with Crippen LogP contribution in [0.2, 0.25) is 0 Å². The van der Waals surface area contributed by atoms with Crippen molar-refractivity contribution in [3.8, 4) is 0 Å². The van der Waals surface area contributed by atoms with E-state index in [4.69, 9.17) is 0 Å². The lowest BCUT2D eigenvalue weighted by Crippen LogP contribution is -2.05. The predicted molar refractivity (Wildman–Crippen MR) is 82.5 cm³/mol. The smallest absolute Gasteiger partial charge is 0.117 e. The van der Waals surface area contributed by atoms with E-state index in [1.165, 1.54) is 25.7 Å². The van der Waals surface area contributed by atoms with Crippen LogP contribution in [0.4, 0.5) is 0 Å². The molecule has 1 aromatic heterocycles. The van der Waals surface area contributed by atoms with E-state index in [-0.39, 0.29) is 0 Å². The number of nitrogens with zero attached hydrogens (tertiary/aromatic N) is 1. The van der Waals surface area contributed by atoms with Crippen molar-refractivity contribution >= 4 is 10.9 Å². The van der Waals surface area contributed by atoms with Gasteiger partial charge in [-0.1, -0.05) is 43.2 Å². The van der Waals surface area contributed by atoms with Crippen molar-refractivity contribution in [1.29, 1.82) is 0 Å². The van der Waals surface area contributed by atoms with E-state index < -0.39 is 6.10 Å². The molecule has 1 aliphatic rings. The summed E-state index contributed by atoms with van der Waals surface area (Å²) in [5.41, 5.74) is 2.87. The Kier molecular flexibility index (Phi) is 4.12. The minimum Gasteiger partial charge on any atom is -0.382 e. The second kappa shape index (κ2) is 6.19. The average molecular weight is 267 g/mol. The Morgan fingerprint density at radius 1 is 0.950 bits per heavy atom. The monoisotopic (exact) mass is 267 g/mol. The lowest BCUT2D eigenvalue weighted by Gasteiger charge is -2.17. The van der Waals surface area contributed by atoms with Crippen molar-refractivity contribution in [2.75, 3.05) is 0 Å². The maximum atomic E-state index is 10.6. The Morgan fingerprint density at radius 3 is 2.75 bits per heavy atom. The SMILES string of the molecule is OC(/C1=C/CCCCCC1)c1ccc2ccccc2n1. The summed E-state index contributed by atoms with van der Waals surface area (Å²) in [5, 5.41) is 11.7. The molecule has 0 amide bonds. The molecular weight excluding hydrogens is 246 g/mol. The third-order valence-electron chi connectivity index (χ3n) is 4.08. The number of benzene rings is 1. The van der Waals surface area contributed by atoms with E-state index in [1.54, 1.807) is 0 Å². The first kappa shape index (κ1) is 13.3. The van der Waals surface area contributed by atoms with Crippen molar-refractivity contribution in [1.82, 2.24) is 4.98 Å². The Balaban J connectivity index is 1.88. The second-order valence-electron chi connectivity index (χ2n) is 5.56. The number of allylic oxidation sites excluding steroid dienone is 1. The summed E-state index contributed by atoms with van der Waals surface area (Å²) in [6.45, 7) is 0. The van der Waals surface area contributed by atoms with Gasteiger partial charge < -0.3 is 5.11 Å². The van der Waals surface area contributed by atoms with Crippen LogP contribution in [0.25, 0.3) is 10.9 Å². The minimum absolute atomic E-state index is 0.544. The Labute approximate surface area is 120 Å². The summed E-state index contributed by atoms with van der Waals surface area (Å²) in [6.07, 6.45) is 8.76. The molecule has 2 heteroatoms. The molecule has 1 heterocycles. The number of aliphatic hydroxyl groups is 1. The summed E-state index contributed by atoms with van der Waals surface area (Å²) in [5.74, 6) is 0. The van der Waals surface area contributed by atoms with Gasteiger partial charge in [0.2, 0.25) is 0 Å². The lowest BCUT2D eigenvalue weighted by molar-refractivity contribution is 0.205. The minimum atomic E-state index is -0.544. The summed E-state index contributed by atoms with van der Waals surface area (Å²) in [4.78, 5) is 4.61. The number of hydrogen-bond acceptors (Lipinski definition) is 2. The van der Waals surface area contributed by atoms with Crippen LogP contribution in [0.15, 0.2) is 48.0 Å². The standard InChI is InChI=1S/C18H21NO/c20-18(15-9-4-2-1-3-5-10-15)17-13-12-14-8-6-7-11-16(14)19-17/h6-9,11-13,18,20H,1-5,10H2/b15-9+. The molecule has 1 unspecified atom stereocenters. The van der Waals surface area contributed by atoms with Gasteiger partial charge in [-0.25, -0.2) is 4.98 Å². The van der Waals surface area contributed by atoms with Crippen molar-refractivity contribution in [2.45, 2.75) is 44.6 Å². The van der Waals surface area contributed by atoms with Gasteiger partial charge in [-0.05, 0) is 43.4 Å². The molecular formula is C18H21NO. The topological polar surface area (TPSA) is 33.1 Å². The Morgan fingerprint density at radius 2 is 1.80 bits per heavy atom. The van der Waals surface area contributed by atoms with Crippen LogP contribution in [0.1, 0.15) is 50.3 Å². The molecule has 20 heavy (non-hydrogen) atoms. The summed E-state index contributed by atoms with van der Waals surface area (Å²) < 4.78 is 0. The van der Waals surface area contributed by atoms with E-state index in [0.29, 0.717) is 0 Å². The molecule has 0 spiro atoms. The van der Waals surface area contributed by atoms with Crippen LogP contribution in [-0.2, 0) is 0 Å². The van der Waals surface area contributed by atoms with Gasteiger partial charge in [0.25, 0.3) is 0 Å². The number of hydrogen-bond donors (Lipinski definition) is 1. The van der Waals surface area contributed by atoms with Gasteiger partial charge in [-0.2, -0.15) is 0 Å². The van der Waals surface area contributed by atoms with Gasteiger partial charge in [-0.3, -0.25) is 0 Å². The van der Waals surface area contributed by atoms with Crippen LogP contribution in [0.5, 0.6) is 0 Å². The van der Waals surface area contributed by atoms with Crippen molar-refractivity contribution in [3.05, 3.63) is 53.7 Å². The first-order valence-electron chi connectivity index (χ1n) is 7.57. The number of aliphatic hydroxyl groups excluding tert-OH is 1. The van der Waals surface area contributed by atoms with Crippen LogP contribution >= 0.6 is 0 Å². The highest BCUT2D eigenvalue weighted by Crippen LogP contribution is 2.28. The van der Waals surface area contributed by atoms with E-state index in [2.05, 4.69) is 11.1 Å². The van der Waals surface area contributed by atoms with E-state index in [9.17, 15) is 5.11 Å². The maximum absolute atomic E-state index is 10.6. The zero-order chi connectivity index (χ0) is 13.8. The second-order valence-corrected chi connectivity index (χ2v) is 5.56. The van der Waals surface area contributed by atoms with Gasteiger partial charge in [0, 0.05) is 5.39 Å². The number of fused-ring (bicyclic) bond motifs is 1. The Hall–Kier alpha value is -1.67. The van der Waals surface area contributed by atoms with Crippen molar-refractivity contribution < 1.29 is 5.11 Å². The molecule has 0 aliphatic heterocycles. The highest BCUT2D eigenvalue weighted by Gasteiger charge is 2.15. The molecule has 1 aromatic carbocycles. The van der Waals surface area contributed by atoms with Crippen molar-refractivity contribution in [2.24, 2.45) is 0 Å². The van der Waals surface area contributed by atoms with Crippen molar-refractivity contribution in [3.63, 3.8) is 0 Å². The predicted octanol–water partition coefficient (Wildman–Crippen LogP) is 4.55. The molecule has 1 aliphatic carbocycles. The average Bonchev–Trinajstić information content (AvgIpc) is 2.46. The number of aromatic nitrogens is 1. The van der Waals surface area contributed by atoms with Crippen LogP contribution < -0.4 is 0 Å². The van der Waals surface area contributed by atoms with Gasteiger partial charge in [0.05, 0.1) is 11.2 Å². The third kappa shape index (κ3) is 2.91. The fraction of sp³-hybridized carbons (Fsp3) is 0.389. The largest absolute Gasteiger partial charge is 0.382 e. The summed E-state index contributed by atoms with van der Waals surface area (Å²) in [6, 6.07) is 12.0. The fourth-order valence-corrected chi connectivity index (χ4v) is 2.89. The highest BCUT2D eigenvalue weighted by atomic mass is 16.3. The Bertz CT molecular complexity index is 618. The summed E-state index contributed by atoms with van der Waals surface area (Å²) in [7, 11) is 0.